The normalized spacial score (nSPS) is 15.4. The highest BCUT2D eigenvalue weighted by Crippen LogP contribution is 2.22. The van der Waals surface area contributed by atoms with Gasteiger partial charge in [-0.2, -0.15) is 0 Å². The van der Waals surface area contributed by atoms with Crippen LogP contribution in [0.5, 0.6) is 0 Å². The zero-order valence-corrected chi connectivity index (χ0v) is 16.6. The van der Waals surface area contributed by atoms with E-state index < -0.39 is 0 Å². The molecule has 1 aromatic heterocycles. The quantitative estimate of drug-likeness (QED) is 0.641. The lowest BCUT2D eigenvalue weighted by Crippen LogP contribution is -2.39. The first-order valence-corrected chi connectivity index (χ1v) is 10.1. The highest BCUT2D eigenvalue weighted by molar-refractivity contribution is 6.30. The molecule has 2 N–H and O–H groups in total. The van der Waals surface area contributed by atoms with Gasteiger partial charge in [0.05, 0.1) is 6.33 Å². The molecule has 3 aromatic rings. The molecule has 144 valence electrons. The van der Waals surface area contributed by atoms with Crippen molar-refractivity contribution in [3.05, 3.63) is 82.9 Å². The monoisotopic (exact) mass is 392 g/mol. The summed E-state index contributed by atoms with van der Waals surface area (Å²) in [6, 6.07) is 15.2. The number of piperidine rings is 1. The molecule has 4 rings (SSSR count). The van der Waals surface area contributed by atoms with Crippen molar-refractivity contribution in [3.8, 4) is 0 Å². The second kappa shape index (κ2) is 8.63. The summed E-state index contributed by atoms with van der Waals surface area (Å²) < 4.78 is 2.03. The van der Waals surface area contributed by atoms with Crippen LogP contribution in [0.2, 0.25) is 5.02 Å². The molecular formula is C23H25ClN4. The van der Waals surface area contributed by atoms with Gasteiger partial charge >= 0.3 is 0 Å². The Balaban J connectivity index is 1.44. The highest BCUT2D eigenvalue weighted by atomic mass is 35.5. The number of rotatable bonds is 5. The van der Waals surface area contributed by atoms with Gasteiger partial charge in [0.2, 0.25) is 0 Å². The average molecular weight is 393 g/mol. The van der Waals surface area contributed by atoms with Gasteiger partial charge in [0.1, 0.15) is 0 Å². The first kappa shape index (κ1) is 18.8. The fraction of sp³-hybridized carbons (Fsp3) is 0.261. The number of aromatic nitrogens is 2. The summed E-state index contributed by atoms with van der Waals surface area (Å²) in [5.41, 5.74) is 10.7. The number of hydrogen-bond donors (Lipinski definition) is 1. The lowest BCUT2D eigenvalue weighted by Gasteiger charge is -2.32. The van der Waals surface area contributed by atoms with E-state index in [1.807, 2.05) is 29.2 Å². The molecule has 0 aliphatic carbocycles. The van der Waals surface area contributed by atoms with Crippen LogP contribution in [-0.2, 0) is 6.54 Å². The largest absolute Gasteiger partial charge is 0.371 e. The van der Waals surface area contributed by atoms with Gasteiger partial charge in [-0.05, 0) is 59.9 Å². The second-order valence-electron chi connectivity index (χ2n) is 7.38. The Morgan fingerprint density at radius 1 is 1.04 bits per heavy atom. The second-order valence-corrected chi connectivity index (χ2v) is 7.81. The predicted molar refractivity (Wildman–Crippen MR) is 118 cm³/mol. The van der Waals surface area contributed by atoms with Crippen molar-refractivity contribution in [1.82, 2.24) is 9.55 Å². The Morgan fingerprint density at radius 3 is 2.50 bits per heavy atom. The molecule has 0 spiro atoms. The molecule has 2 heterocycles. The molecule has 0 radical (unpaired) electrons. The van der Waals surface area contributed by atoms with Crippen LogP contribution in [0, 0.1) is 0 Å². The van der Waals surface area contributed by atoms with Gasteiger partial charge in [-0.3, -0.25) is 0 Å². The summed E-state index contributed by atoms with van der Waals surface area (Å²) in [6.45, 7) is 2.84. The molecule has 1 fully saturated rings. The van der Waals surface area contributed by atoms with E-state index in [-0.39, 0.29) is 0 Å². The van der Waals surface area contributed by atoms with E-state index in [1.54, 1.807) is 6.20 Å². The number of benzene rings is 2. The minimum Gasteiger partial charge on any atom is -0.371 e. The first-order valence-electron chi connectivity index (χ1n) is 9.69. The van der Waals surface area contributed by atoms with Crippen LogP contribution in [0.15, 0.2) is 61.2 Å². The number of hydrogen-bond acceptors (Lipinski definition) is 3. The smallest absolute Gasteiger partial charge is 0.0949 e. The van der Waals surface area contributed by atoms with Crippen molar-refractivity contribution in [3.63, 3.8) is 0 Å². The fourth-order valence-corrected chi connectivity index (χ4v) is 3.87. The van der Waals surface area contributed by atoms with Crippen LogP contribution >= 0.6 is 11.6 Å². The third kappa shape index (κ3) is 4.83. The Hall–Kier alpha value is -2.56. The van der Waals surface area contributed by atoms with E-state index >= 15 is 0 Å². The van der Waals surface area contributed by atoms with Gasteiger partial charge in [-0.15, -0.1) is 0 Å². The van der Waals surface area contributed by atoms with Gasteiger partial charge in [-0.1, -0.05) is 35.9 Å². The minimum atomic E-state index is 0.356. The van der Waals surface area contributed by atoms with E-state index in [9.17, 15) is 0 Å². The zero-order chi connectivity index (χ0) is 19.3. The van der Waals surface area contributed by atoms with Crippen LogP contribution in [0.4, 0.5) is 5.69 Å². The summed E-state index contributed by atoms with van der Waals surface area (Å²) in [5.74, 6) is 0. The molecule has 0 amide bonds. The third-order valence-corrected chi connectivity index (χ3v) is 5.39. The van der Waals surface area contributed by atoms with Crippen molar-refractivity contribution < 1.29 is 0 Å². The van der Waals surface area contributed by atoms with Crippen LogP contribution in [0.3, 0.4) is 0 Å². The van der Waals surface area contributed by atoms with Crippen molar-refractivity contribution in [2.75, 3.05) is 18.0 Å². The summed E-state index contributed by atoms with van der Waals surface area (Å²) in [7, 11) is 0. The molecule has 1 aliphatic heterocycles. The van der Waals surface area contributed by atoms with Crippen LogP contribution < -0.4 is 10.6 Å². The summed E-state index contributed by atoms with van der Waals surface area (Å²) >= 11 is 6.32. The van der Waals surface area contributed by atoms with Crippen molar-refractivity contribution >= 4 is 29.4 Å². The number of nitrogens with zero attached hydrogens (tertiary/aromatic N) is 3. The van der Waals surface area contributed by atoms with Gasteiger partial charge in [0.25, 0.3) is 0 Å². The summed E-state index contributed by atoms with van der Waals surface area (Å²) in [6.07, 6.45) is 11.9. The lowest BCUT2D eigenvalue weighted by atomic mass is 10.0. The maximum Gasteiger partial charge on any atom is 0.0949 e. The van der Waals surface area contributed by atoms with E-state index in [0.717, 1.165) is 48.6 Å². The zero-order valence-electron chi connectivity index (χ0n) is 15.8. The standard InChI is InChI=1S/C23H25ClN4/c24-21-14-19(13-20(15-21)16-27-12-9-26-17-27)2-1-18-3-5-23(6-4-18)28-10-7-22(25)8-11-28/h1-6,9,12-15,17,22H,7-8,10-11,16,25H2/b2-1+. The maximum absolute atomic E-state index is 6.32. The Kier molecular flexibility index (Phi) is 5.79. The Bertz CT molecular complexity index is 924. The molecule has 28 heavy (non-hydrogen) atoms. The molecule has 0 unspecified atom stereocenters. The SMILES string of the molecule is NC1CCN(c2ccc(/C=C/c3cc(Cl)cc(Cn4ccnc4)c3)cc2)CC1. The van der Waals surface area contributed by atoms with Crippen LogP contribution in [-0.4, -0.2) is 28.7 Å². The topological polar surface area (TPSA) is 47.1 Å². The van der Waals surface area contributed by atoms with E-state index in [2.05, 4.69) is 52.4 Å². The van der Waals surface area contributed by atoms with E-state index in [4.69, 9.17) is 17.3 Å². The molecule has 1 saturated heterocycles. The van der Waals surface area contributed by atoms with Gasteiger partial charge < -0.3 is 15.2 Å². The molecule has 5 heteroatoms. The van der Waals surface area contributed by atoms with Crippen molar-refractivity contribution in [2.24, 2.45) is 5.73 Å². The van der Waals surface area contributed by atoms with E-state index in [0.29, 0.717) is 6.04 Å². The Morgan fingerprint density at radius 2 is 1.79 bits per heavy atom. The van der Waals surface area contributed by atoms with Crippen LogP contribution in [0.1, 0.15) is 29.5 Å². The van der Waals surface area contributed by atoms with Gasteiger partial charge in [0.15, 0.2) is 0 Å². The minimum absolute atomic E-state index is 0.356. The molecule has 0 bridgehead atoms. The first-order chi connectivity index (χ1) is 13.7. The fourth-order valence-electron chi connectivity index (χ4n) is 3.60. The summed E-state index contributed by atoms with van der Waals surface area (Å²) in [5, 5.41) is 0.746. The van der Waals surface area contributed by atoms with E-state index in [1.165, 1.54) is 11.3 Å². The summed E-state index contributed by atoms with van der Waals surface area (Å²) in [4.78, 5) is 6.50. The molecule has 0 saturated carbocycles. The average Bonchev–Trinajstić information content (AvgIpc) is 3.20. The van der Waals surface area contributed by atoms with Gasteiger partial charge in [-0.25, -0.2) is 4.98 Å². The van der Waals surface area contributed by atoms with Crippen molar-refractivity contribution in [2.45, 2.75) is 25.4 Å². The molecule has 2 aromatic carbocycles. The lowest BCUT2D eigenvalue weighted by molar-refractivity contribution is 0.501. The van der Waals surface area contributed by atoms with Crippen molar-refractivity contribution in [1.29, 1.82) is 0 Å². The molecule has 0 atom stereocenters. The highest BCUT2D eigenvalue weighted by Gasteiger charge is 2.15. The number of halogens is 1. The van der Waals surface area contributed by atoms with Crippen LogP contribution in [0.25, 0.3) is 12.2 Å². The number of anilines is 1. The third-order valence-electron chi connectivity index (χ3n) is 5.17. The predicted octanol–water partition coefficient (Wildman–Crippen LogP) is 4.68. The van der Waals surface area contributed by atoms with Gasteiger partial charge in [0, 0.05) is 48.8 Å². The molecule has 1 aliphatic rings. The Labute approximate surface area is 171 Å². The maximum atomic E-state index is 6.32. The number of imidazole rings is 1. The number of nitrogens with two attached hydrogens (primary N) is 1. The molecular weight excluding hydrogens is 368 g/mol. The molecule has 4 nitrogen and oxygen atoms in total.